The average molecular weight is 820 g/mol. The van der Waals surface area contributed by atoms with Crippen molar-refractivity contribution in [2.45, 2.75) is 65.0 Å². The van der Waals surface area contributed by atoms with Crippen LogP contribution in [0.2, 0.25) is 0 Å². The number of benzene rings is 1. The second-order valence-electron chi connectivity index (χ2n) is 13.8. The predicted molar refractivity (Wildman–Crippen MR) is 218 cm³/mol. The van der Waals surface area contributed by atoms with E-state index in [1.807, 2.05) is 37.3 Å². The van der Waals surface area contributed by atoms with Crippen molar-refractivity contribution >= 4 is 74.5 Å². The first-order chi connectivity index (χ1) is 27.6. The van der Waals surface area contributed by atoms with Crippen molar-refractivity contribution < 1.29 is 33.6 Å². The maximum absolute atomic E-state index is 12.8. The molecule has 2 aromatic rings. The zero-order valence-corrected chi connectivity index (χ0v) is 33.6. The second-order valence-corrected chi connectivity index (χ2v) is 16.5. The summed E-state index contributed by atoms with van der Waals surface area (Å²) in [5.41, 5.74) is 4.54. The van der Waals surface area contributed by atoms with Crippen molar-refractivity contribution in [3.8, 4) is 0 Å². The maximum atomic E-state index is 12.8. The van der Waals surface area contributed by atoms with Gasteiger partial charge in [0.05, 0.1) is 5.71 Å². The smallest absolute Gasteiger partial charge is 0.322 e. The highest BCUT2D eigenvalue weighted by molar-refractivity contribution is 8.76. The Bertz CT molecular complexity index is 1810. The molecule has 0 saturated carbocycles. The first-order valence-electron chi connectivity index (χ1n) is 19.1. The molecule has 0 radical (unpaired) electrons. The Morgan fingerprint density at radius 2 is 1.39 bits per heavy atom. The minimum absolute atomic E-state index is 0.0313. The number of pyridine rings is 1. The fourth-order valence-electron chi connectivity index (χ4n) is 6.27. The van der Waals surface area contributed by atoms with E-state index in [-0.39, 0.29) is 66.9 Å². The summed E-state index contributed by atoms with van der Waals surface area (Å²) in [7, 11) is 3.05. The number of hydrogen-bond acceptors (Lipinski definition) is 11. The molecule has 1 aromatic heterocycles. The van der Waals surface area contributed by atoms with Crippen LogP contribution in [0.3, 0.4) is 0 Å². The number of carbonyl (C=O) groups excluding carboxylic acids is 7. The predicted octanol–water partition coefficient (Wildman–Crippen LogP) is 3.20. The third-order valence-electron chi connectivity index (χ3n) is 9.39. The van der Waals surface area contributed by atoms with E-state index in [2.05, 4.69) is 26.3 Å². The number of urea groups is 1. The normalized spacial score (nSPS) is 16.1. The fourth-order valence-corrected chi connectivity index (χ4v) is 8.25. The number of imide groups is 1. The van der Waals surface area contributed by atoms with Crippen LogP contribution in [-0.4, -0.2) is 111 Å². The summed E-state index contributed by atoms with van der Waals surface area (Å²) in [6, 6.07) is 9.27. The molecule has 304 valence electrons. The summed E-state index contributed by atoms with van der Waals surface area (Å²) in [6.45, 7) is 4.77. The number of unbranched alkanes of at least 4 members (excludes halogenated alkanes) is 1. The summed E-state index contributed by atoms with van der Waals surface area (Å²) in [6.07, 6.45) is 8.89. The van der Waals surface area contributed by atoms with Gasteiger partial charge < -0.3 is 26.2 Å². The molecule has 57 heavy (non-hydrogen) atoms. The third kappa shape index (κ3) is 13.4. The molecule has 3 aliphatic rings. The SMILES string of the molecule is CC1CC(=O)N(CCCCNC(=O)CCSSCCC(=O)NCCNC(=O)CCCN2C(=O)C=CC2=O)N=C1c1ccc(NC(=O)N2Cc3ccncc3C2)cc1. The van der Waals surface area contributed by atoms with Gasteiger partial charge in [-0.2, -0.15) is 5.10 Å². The van der Waals surface area contributed by atoms with Gasteiger partial charge >= 0.3 is 6.03 Å². The van der Waals surface area contributed by atoms with E-state index in [0.29, 0.717) is 88.4 Å². The van der Waals surface area contributed by atoms with Crippen molar-refractivity contribution in [3.63, 3.8) is 0 Å². The van der Waals surface area contributed by atoms with Gasteiger partial charge in [0.2, 0.25) is 23.6 Å². The van der Waals surface area contributed by atoms with Crippen molar-refractivity contribution in [2.24, 2.45) is 11.0 Å². The first-order valence-corrected chi connectivity index (χ1v) is 21.6. The lowest BCUT2D eigenvalue weighted by molar-refractivity contribution is -0.137. The van der Waals surface area contributed by atoms with E-state index in [4.69, 9.17) is 5.10 Å². The van der Waals surface area contributed by atoms with Gasteiger partial charge in [-0.1, -0.05) is 40.6 Å². The maximum Gasteiger partial charge on any atom is 0.322 e. The number of carbonyl (C=O) groups is 7. The minimum Gasteiger partial charge on any atom is -0.356 e. The van der Waals surface area contributed by atoms with Crippen LogP contribution in [0, 0.1) is 5.92 Å². The van der Waals surface area contributed by atoms with Crippen LogP contribution in [0.4, 0.5) is 10.5 Å². The average Bonchev–Trinajstić information content (AvgIpc) is 3.78. The molecule has 0 fully saturated rings. The first kappa shape index (κ1) is 42.9. The van der Waals surface area contributed by atoms with E-state index >= 15 is 0 Å². The van der Waals surface area contributed by atoms with Crippen LogP contribution in [0.1, 0.15) is 68.6 Å². The van der Waals surface area contributed by atoms with Crippen LogP contribution in [0.25, 0.3) is 0 Å². The molecule has 8 amide bonds. The van der Waals surface area contributed by atoms with E-state index in [9.17, 15) is 33.6 Å². The topological polar surface area (TPSA) is 203 Å². The second kappa shape index (κ2) is 21.9. The van der Waals surface area contributed by atoms with Crippen LogP contribution in [0.5, 0.6) is 0 Å². The van der Waals surface area contributed by atoms with Crippen LogP contribution >= 0.6 is 21.6 Å². The highest BCUT2D eigenvalue weighted by Gasteiger charge is 2.28. The Kier molecular flexibility index (Phi) is 16.5. The molecule has 5 rings (SSSR count). The number of amides is 8. The zero-order valence-electron chi connectivity index (χ0n) is 32.0. The lowest BCUT2D eigenvalue weighted by Crippen LogP contribution is -2.37. The van der Waals surface area contributed by atoms with Crippen molar-refractivity contribution in [1.29, 1.82) is 0 Å². The Labute approximate surface area is 339 Å². The van der Waals surface area contributed by atoms with Crippen molar-refractivity contribution in [1.82, 2.24) is 35.7 Å². The van der Waals surface area contributed by atoms with Gasteiger partial charge in [0, 0.05) is 119 Å². The quantitative estimate of drug-likeness (QED) is 0.0824. The standard InChI is InChI=1S/C39H49N9O7S2/c1-27-23-37(54)48(45-38(27)28-6-8-31(9-7-28)44-39(55)46-25-29-12-16-40-24-30(29)26-46)20-3-2-15-41-33(50)13-21-56-57-22-14-34(51)43-18-17-42-32(49)5-4-19-47-35(52)10-11-36(47)53/h6-12,16,24,27H,2-5,13-15,17-23,25-26H2,1H3,(H,41,50)(H,42,49)(H,43,51)(H,44,55). The molecule has 18 heteroatoms. The highest BCUT2D eigenvalue weighted by atomic mass is 33.1. The van der Waals surface area contributed by atoms with E-state index in [1.54, 1.807) is 17.3 Å². The van der Waals surface area contributed by atoms with E-state index in [1.165, 1.54) is 38.7 Å². The minimum atomic E-state index is -0.368. The number of anilines is 1. The number of fused-ring (bicyclic) bond motifs is 1. The molecule has 0 aliphatic carbocycles. The molecule has 16 nitrogen and oxygen atoms in total. The molecule has 0 saturated heterocycles. The number of nitrogens with zero attached hydrogens (tertiary/aromatic N) is 5. The molecular weight excluding hydrogens is 771 g/mol. The van der Waals surface area contributed by atoms with Gasteiger partial charge in [0.1, 0.15) is 0 Å². The monoisotopic (exact) mass is 819 g/mol. The van der Waals surface area contributed by atoms with Gasteiger partial charge in [-0.15, -0.1) is 0 Å². The van der Waals surface area contributed by atoms with Gasteiger partial charge in [-0.3, -0.25) is 38.7 Å². The van der Waals surface area contributed by atoms with Gasteiger partial charge in [-0.25, -0.2) is 9.80 Å². The molecule has 1 aromatic carbocycles. The lowest BCUT2D eigenvalue weighted by atomic mass is 9.93. The third-order valence-corrected chi connectivity index (χ3v) is 11.8. The molecule has 4 heterocycles. The van der Waals surface area contributed by atoms with Gasteiger partial charge in [-0.05, 0) is 54.2 Å². The largest absolute Gasteiger partial charge is 0.356 e. The molecular formula is C39H49N9O7S2. The van der Waals surface area contributed by atoms with E-state index in [0.717, 1.165) is 27.3 Å². The van der Waals surface area contributed by atoms with Gasteiger partial charge in [0.25, 0.3) is 11.8 Å². The zero-order chi connectivity index (χ0) is 40.6. The van der Waals surface area contributed by atoms with Crippen LogP contribution in [-0.2, 0) is 41.9 Å². The number of rotatable bonds is 21. The highest BCUT2D eigenvalue weighted by Crippen LogP contribution is 2.25. The molecule has 3 aliphatic heterocycles. The van der Waals surface area contributed by atoms with Crippen LogP contribution < -0.4 is 21.3 Å². The molecule has 0 bridgehead atoms. The molecule has 1 unspecified atom stereocenters. The van der Waals surface area contributed by atoms with Crippen LogP contribution in [0.15, 0.2) is 60.0 Å². The number of hydrogen-bond donors (Lipinski definition) is 4. The lowest BCUT2D eigenvalue weighted by Gasteiger charge is -2.28. The Hall–Kier alpha value is -5.23. The number of hydrazone groups is 1. The Balaban J connectivity index is 0.869. The number of aromatic nitrogens is 1. The molecule has 4 N–H and O–H groups in total. The summed E-state index contributed by atoms with van der Waals surface area (Å²) >= 11 is 0. The summed E-state index contributed by atoms with van der Waals surface area (Å²) in [4.78, 5) is 91.9. The summed E-state index contributed by atoms with van der Waals surface area (Å²) in [5.74, 6) is -0.0156. The summed E-state index contributed by atoms with van der Waals surface area (Å²) in [5, 5.41) is 17.6. The molecule has 1 atom stereocenters. The number of nitrogens with one attached hydrogen (secondary N) is 4. The summed E-state index contributed by atoms with van der Waals surface area (Å²) < 4.78 is 0. The van der Waals surface area contributed by atoms with Gasteiger partial charge in [0.15, 0.2) is 0 Å². The van der Waals surface area contributed by atoms with Crippen molar-refractivity contribution in [3.05, 3.63) is 71.6 Å². The Morgan fingerprint density at radius 1 is 0.754 bits per heavy atom. The Morgan fingerprint density at radius 3 is 2.05 bits per heavy atom. The fraction of sp³-hybridized carbons (Fsp3) is 0.462. The van der Waals surface area contributed by atoms with E-state index < -0.39 is 0 Å². The van der Waals surface area contributed by atoms with Crippen molar-refractivity contribution in [2.75, 3.05) is 49.5 Å². The molecule has 0 spiro atoms.